The van der Waals surface area contributed by atoms with Gasteiger partial charge in [-0.25, -0.2) is 4.90 Å². The number of benzene rings is 2. The first-order chi connectivity index (χ1) is 14.6. The molecule has 8 heteroatoms. The Morgan fingerprint density at radius 3 is 2.53 bits per heavy atom. The van der Waals surface area contributed by atoms with Gasteiger partial charge in [-0.05, 0) is 29.8 Å². The van der Waals surface area contributed by atoms with E-state index < -0.39 is 6.04 Å². The fraction of sp³-hybridized carbons (Fsp3) is 0.364. The summed E-state index contributed by atoms with van der Waals surface area (Å²) in [6.07, 6.45) is 0.201. The van der Waals surface area contributed by atoms with Crippen molar-refractivity contribution in [2.24, 2.45) is 0 Å². The van der Waals surface area contributed by atoms with Crippen LogP contribution in [0.1, 0.15) is 12.0 Å². The van der Waals surface area contributed by atoms with E-state index in [9.17, 15) is 9.59 Å². The van der Waals surface area contributed by atoms with Gasteiger partial charge in [0, 0.05) is 32.7 Å². The van der Waals surface area contributed by atoms with Crippen molar-refractivity contribution >= 4 is 29.1 Å². The predicted molar refractivity (Wildman–Crippen MR) is 112 cm³/mol. The third-order valence-electron chi connectivity index (χ3n) is 5.91. The lowest BCUT2D eigenvalue weighted by Crippen LogP contribution is -2.52. The summed E-state index contributed by atoms with van der Waals surface area (Å²) < 4.78 is 10.8. The summed E-state index contributed by atoms with van der Waals surface area (Å²) >= 11 is 6.22. The van der Waals surface area contributed by atoms with E-state index in [1.54, 1.807) is 24.3 Å². The first kappa shape index (κ1) is 19.4. The second kappa shape index (κ2) is 7.91. The molecule has 0 saturated carbocycles. The van der Waals surface area contributed by atoms with E-state index >= 15 is 0 Å². The maximum atomic E-state index is 13.0. The smallest absolute Gasteiger partial charge is 0.251 e. The van der Waals surface area contributed by atoms with Gasteiger partial charge in [0.05, 0.1) is 23.2 Å². The minimum atomic E-state index is -0.415. The molecule has 0 radical (unpaired) electrons. The molecule has 0 spiro atoms. The number of imide groups is 1. The molecule has 2 aromatic carbocycles. The van der Waals surface area contributed by atoms with E-state index in [0.717, 1.165) is 44.2 Å². The largest absolute Gasteiger partial charge is 0.454 e. The van der Waals surface area contributed by atoms with Crippen LogP contribution in [0.3, 0.4) is 0 Å². The Balaban J connectivity index is 1.21. The molecule has 2 aromatic rings. The highest BCUT2D eigenvalue weighted by Crippen LogP contribution is 2.34. The zero-order valence-corrected chi connectivity index (χ0v) is 17.2. The van der Waals surface area contributed by atoms with Crippen LogP contribution in [0.2, 0.25) is 5.02 Å². The summed E-state index contributed by atoms with van der Waals surface area (Å²) in [7, 11) is 0. The number of carbonyl (C=O) groups excluding carboxylic acids is 2. The maximum Gasteiger partial charge on any atom is 0.251 e. The highest BCUT2D eigenvalue weighted by Gasteiger charge is 2.43. The van der Waals surface area contributed by atoms with Gasteiger partial charge in [0.25, 0.3) is 5.91 Å². The lowest BCUT2D eigenvalue weighted by molar-refractivity contribution is -0.123. The Morgan fingerprint density at radius 1 is 0.967 bits per heavy atom. The number of anilines is 1. The Hall–Kier alpha value is -2.61. The normalized spacial score (nSPS) is 22.2. The number of hydrogen-bond donors (Lipinski definition) is 0. The SMILES string of the molecule is O=C1C[C@@H](N2CCN(Cc3ccc4c(c3)OCO4)CC2)C(=O)N1c1ccccc1Cl. The van der Waals surface area contributed by atoms with Crippen LogP contribution < -0.4 is 14.4 Å². The number of piperazine rings is 1. The molecular weight excluding hydrogens is 406 g/mol. The number of carbonyl (C=O) groups is 2. The second-order valence-electron chi connectivity index (χ2n) is 7.74. The monoisotopic (exact) mass is 427 g/mol. The molecule has 0 bridgehead atoms. The molecule has 3 aliphatic heterocycles. The molecule has 2 fully saturated rings. The van der Waals surface area contributed by atoms with Crippen molar-refractivity contribution < 1.29 is 19.1 Å². The van der Waals surface area contributed by atoms with E-state index in [-0.39, 0.29) is 25.0 Å². The van der Waals surface area contributed by atoms with Crippen LogP contribution in [0.4, 0.5) is 5.69 Å². The topological polar surface area (TPSA) is 62.3 Å². The van der Waals surface area contributed by atoms with E-state index in [2.05, 4.69) is 15.9 Å². The number of amides is 2. The van der Waals surface area contributed by atoms with Crippen LogP contribution >= 0.6 is 11.6 Å². The number of ether oxygens (including phenoxy) is 2. The first-order valence-corrected chi connectivity index (χ1v) is 10.4. The average molecular weight is 428 g/mol. The molecule has 0 unspecified atom stereocenters. The summed E-state index contributed by atoms with van der Waals surface area (Å²) in [5, 5.41) is 0.411. The molecule has 3 aliphatic rings. The minimum absolute atomic E-state index is 0.183. The van der Waals surface area contributed by atoms with Gasteiger partial charge in [0.1, 0.15) is 0 Å². The molecule has 7 nitrogen and oxygen atoms in total. The predicted octanol–water partition coefficient (Wildman–Crippen LogP) is 2.52. The average Bonchev–Trinajstić information content (AvgIpc) is 3.33. The summed E-state index contributed by atoms with van der Waals surface area (Å²) in [6.45, 7) is 4.23. The number of rotatable bonds is 4. The van der Waals surface area contributed by atoms with Crippen molar-refractivity contribution in [1.29, 1.82) is 0 Å². The quantitative estimate of drug-likeness (QED) is 0.699. The molecule has 2 saturated heterocycles. The molecule has 1 atom stereocenters. The molecule has 156 valence electrons. The third kappa shape index (κ3) is 3.53. The van der Waals surface area contributed by atoms with Gasteiger partial charge in [-0.1, -0.05) is 29.8 Å². The highest BCUT2D eigenvalue weighted by molar-refractivity contribution is 6.36. The summed E-state index contributed by atoms with van der Waals surface area (Å²) in [5.74, 6) is 1.20. The van der Waals surface area contributed by atoms with Crippen molar-refractivity contribution in [3.05, 3.63) is 53.1 Å². The molecule has 2 amide bonds. The third-order valence-corrected chi connectivity index (χ3v) is 6.23. The standard InChI is InChI=1S/C22H22ClN3O4/c23-16-3-1-2-4-17(16)26-21(27)12-18(22(26)28)25-9-7-24(8-10-25)13-15-5-6-19-20(11-15)30-14-29-19/h1-6,11,18H,7-10,12-14H2/t18-/m1/s1. The molecule has 3 heterocycles. The van der Waals surface area contributed by atoms with Crippen molar-refractivity contribution in [1.82, 2.24) is 9.80 Å². The van der Waals surface area contributed by atoms with Crippen molar-refractivity contribution in [2.75, 3.05) is 37.9 Å². The molecule has 30 heavy (non-hydrogen) atoms. The highest BCUT2D eigenvalue weighted by atomic mass is 35.5. The molecule has 0 N–H and O–H groups in total. The van der Waals surface area contributed by atoms with Crippen LogP contribution in [-0.4, -0.2) is 60.6 Å². The van der Waals surface area contributed by atoms with Gasteiger partial charge in [0.15, 0.2) is 11.5 Å². The first-order valence-electron chi connectivity index (χ1n) is 10.1. The van der Waals surface area contributed by atoms with Gasteiger partial charge in [-0.3, -0.25) is 19.4 Å². The van der Waals surface area contributed by atoms with Crippen molar-refractivity contribution in [2.45, 2.75) is 19.0 Å². The Labute approximate surface area is 179 Å². The van der Waals surface area contributed by atoms with Crippen LogP contribution in [0.25, 0.3) is 0 Å². The van der Waals surface area contributed by atoms with Gasteiger partial charge < -0.3 is 9.47 Å². The van der Waals surface area contributed by atoms with E-state index in [1.807, 2.05) is 12.1 Å². The van der Waals surface area contributed by atoms with Crippen LogP contribution in [0.15, 0.2) is 42.5 Å². The number of para-hydroxylation sites is 1. The van der Waals surface area contributed by atoms with Gasteiger partial charge in [0.2, 0.25) is 12.7 Å². The lowest BCUT2D eigenvalue weighted by Gasteiger charge is -2.37. The van der Waals surface area contributed by atoms with Crippen LogP contribution in [0.5, 0.6) is 11.5 Å². The van der Waals surface area contributed by atoms with Gasteiger partial charge in [-0.15, -0.1) is 0 Å². The molecule has 0 aliphatic carbocycles. The van der Waals surface area contributed by atoms with Crippen molar-refractivity contribution in [3.8, 4) is 11.5 Å². The maximum absolute atomic E-state index is 13.0. The molecule has 5 rings (SSSR count). The van der Waals surface area contributed by atoms with E-state index in [1.165, 1.54) is 10.5 Å². The van der Waals surface area contributed by atoms with E-state index in [4.69, 9.17) is 21.1 Å². The minimum Gasteiger partial charge on any atom is -0.454 e. The van der Waals surface area contributed by atoms with Gasteiger partial charge >= 0.3 is 0 Å². The summed E-state index contributed by atoms with van der Waals surface area (Å²) in [6, 6.07) is 12.6. The summed E-state index contributed by atoms with van der Waals surface area (Å²) in [4.78, 5) is 31.3. The Morgan fingerprint density at radius 2 is 1.73 bits per heavy atom. The zero-order valence-electron chi connectivity index (χ0n) is 16.4. The number of fused-ring (bicyclic) bond motifs is 1. The second-order valence-corrected chi connectivity index (χ2v) is 8.15. The molecular formula is C22H22ClN3O4. The van der Waals surface area contributed by atoms with Gasteiger partial charge in [-0.2, -0.15) is 0 Å². The fourth-order valence-electron chi connectivity index (χ4n) is 4.32. The van der Waals surface area contributed by atoms with Crippen LogP contribution in [-0.2, 0) is 16.1 Å². The zero-order chi connectivity index (χ0) is 20.7. The number of nitrogens with zero attached hydrogens (tertiary/aromatic N) is 3. The number of hydrogen-bond acceptors (Lipinski definition) is 6. The molecule has 0 aromatic heterocycles. The van der Waals surface area contributed by atoms with Crippen LogP contribution in [0, 0.1) is 0 Å². The fourth-order valence-corrected chi connectivity index (χ4v) is 4.54. The Kier molecular flexibility index (Phi) is 5.10. The van der Waals surface area contributed by atoms with E-state index in [0.29, 0.717) is 10.7 Å². The summed E-state index contributed by atoms with van der Waals surface area (Å²) in [5.41, 5.74) is 1.64. The Bertz CT molecular complexity index is 990. The van der Waals surface area contributed by atoms with Crippen molar-refractivity contribution in [3.63, 3.8) is 0 Å². The lowest BCUT2D eigenvalue weighted by atomic mass is 10.1. The number of halogens is 1.